The second kappa shape index (κ2) is 9.24. The van der Waals surface area contributed by atoms with Gasteiger partial charge in [0.15, 0.2) is 5.96 Å². The monoisotopic (exact) mass is 349 g/mol. The Morgan fingerprint density at radius 2 is 2.17 bits per heavy atom. The molecule has 0 aliphatic heterocycles. The SMILES string of the molecule is CCNC(=NCC(O)c1cc2ccccc2s1)NCCC(=O)OC. The molecule has 0 fully saturated rings. The second-order valence-electron chi connectivity index (χ2n) is 5.17. The fourth-order valence-corrected chi connectivity index (χ4v) is 3.20. The maximum atomic E-state index is 11.1. The summed E-state index contributed by atoms with van der Waals surface area (Å²) in [6.45, 7) is 3.33. The van der Waals surface area contributed by atoms with Gasteiger partial charge in [0.25, 0.3) is 0 Å². The zero-order valence-electron chi connectivity index (χ0n) is 13.9. The van der Waals surface area contributed by atoms with Gasteiger partial charge in [0, 0.05) is 22.7 Å². The molecule has 1 aromatic heterocycles. The van der Waals surface area contributed by atoms with Crippen LogP contribution in [0.15, 0.2) is 35.3 Å². The predicted octanol–water partition coefficient (Wildman–Crippen LogP) is 2.05. The van der Waals surface area contributed by atoms with Gasteiger partial charge in [0.2, 0.25) is 0 Å². The van der Waals surface area contributed by atoms with Crippen LogP contribution in [0.1, 0.15) is 24.3 Å². The van der Waals surface area contributed by atoms with E-state index in [4.69, 9.17) is 0 Å². The summed E-state index contributed by atoms with van der Waals surface area (Å²) in [7, 11) is 1.36. The molecule has 0 radical (unpaired) electrons. The highest BCUT2D eigenvalue weighted by atomic mass is 32.1. The Morgan fingerprint density at radius 3 is 2.88 bits per heavy atom. The standard InChI is InChI=1S/C17H23N3O3S/c1-3-18-17(19-9-8-16(22)23-2)20-11-13(21)15-10-12-6-4-5-7-14(12)24-15/h4-7,10,13,21H,3,8-9,11H2,1-2H3,(H2,18,19,20). The summed E-state index contributed by atoms with van der Waals surface area (Å²) in [5, 5.41) is 17.6. The lowest BCUT2D eigenvalue weighted by Crippen LogP contribution is -2.38. The molecular formula is C17H23N3O3S. The van der Waals surface area contributed by atoms with E-state index < -0.39 is 6.10 Å². The third-order valence-corrected chi connectivity index (χ3v) is 4.61. The number of hydrogen-bond donors (Lipinski definition) is 3. The number of hydrogen-bond acceptors (Lipinski definition) is 5. The molecule has 0 saturated carbocycles. The molecule has 0 bridgehead atoms. The van der Waals surface area contributed by atoms with Crippen LogP contribution in [-0.2, 0) is 9.53 Å². The summed E-state index contributed by atoms with van der Waals surface area (Å²) in [5.41, 5.74) is 0. The van der Waals surface area contributed by atoms with Crippen molar-refractivity contribution in [2.24, 2.45) is 4.99 Å². The van der Waals surface area contributed by atoms with Gasteiger partial charge in [-0.15, -0.1) is 11.3 Å². The minimum absolute atomic E-state index is 0.250. The molecule has 0 spiro atoms. The topological polar surface area (TPSA) is 83.0 Å². The van der Waals surface area contributed by atoms with Crippen molar-refractivity contribution in [3.8, 4) is 0 Å². The highest BCUT2D eigenvalue weighted by Gasteiger charge is 2.11. The number of thiophene rings is 1. The Hall–Kier alpha value is -2.12. The minimum atomic E-state index is -0.654. The molecule has 7 heteroatoms. The number of guanidine groups is 1. The van der Waals surface area contributed by atoms with Gasteiger partial charge in [-0.2, -0.15) is 0 Å². The maximum absolute atomic E-state index is 11.1. The Kier molecular flexibility index (Phi) is 7.02. The molecule has 0 aliphatic rings. The number of ether oxygens (including phenoxy) is 1. The molecule has 0 aliphatic carbocycles. The molecule has 6 nitrogen and oxygen atoms in total. The van der Waals surface area contributed by atoms with E-state index >= 15 is 0 Å². The molecule has 0 saturated heterocycles. The molecular weight excluding hydrogens is 326 g/mol. The van der Waals surface area contributed by atoms with Crippen molar-refractivity contribution in [2.75, 3.05) is 26.7 Å². The zero-order valence-corrected chi connectivity index (χ0v) is 14.7. The van der Waals surface area contributed by atoms with E-state index in [9.17, 15) is 9.90 Å². The van der Waals surface area contributed by atoms with Gasteiger partial charge in [-0.25, -0.2) is 0 Å². The molecule has 2 rings (SSSR count). The Labute approximate surface area is 145 Å². The van der Waals surface area contributed by atoms with Gasteiger partial charge in [-0.1, -0.05) is 18.2 Å². The Morgan fingerprint density at radius 1 is 1.38 bits per heavy atom. The van der Waals surface area contributed by atoms with Crippen LogP contribution in [-0.4, -0.2) is 43.8 Å². The van der Waals surface area contributed by atoms with Crippen molar-refractivity contribution in [3.63, 3.8) is 0 Å². The lowest BCUT2D eigenvalue weighted by Gasteiger charge is -2.12. The van der Waals surface area contributed by atoms with Crippen molar-refractivity contribution in [1.82, 2.24) is 10.6 Å². The first-order valence-corrected chi connectivity index (χ1v) is 8.71. The summed E-state index contributed by atoms with van der Waals surface area (Å²) in [6, 6.07) is 10.0. The van der Waals surface area contributed by atoms with Crippen LogP contribution < -0.4 is 10.6 Å². The van der Waals surface area contributed by atoms with E-state index in [1.165, 1.54) is 7.11 Å². The van der Waals surface area contributed by atoms with Crippen LogP contribution >= 0.6 is 11.3 Å². The minimum Gasteiger partial charge on any atom is -0.469 e. The van der Waals surface area contributed by atoms with Crippen molar-refractivity contribution in [3.05, 3.63) is 35.2 Å². The molecule has 24 heavy (non-hydrogen) atoms. The highest BCUT2D eigenvalue weighted by Crippen LogP contribution is 2.29. The zero-order chi connectivity index (χ0) is 17.4. The van der Waals surface area contributed by atoms with Gasteiger partial charge < -0.3 is 20.5 Å². The number of nitrogens with one attached hydrogen (secondary N) is 2. The first kappa shape index (κ1) is 18.2. The molecule has 1 heterocycles. The van der Waals surface area contributed by atoms with Crippen molar-refractivity contribution in [2.45, 2.75) is 19.4 Å². The molecule has 3 N–H and O–H groups in total. The number of aliphatic hydroxyl groups is 1. The number of aliphatic hydroxyl groups excluding tert-OH is 1. The van der Waals surface area contributed by atoms with E-state index in [0.717, 1.165) is 15.0 Å². The van der Waals surface area contributed by atoms with Gasteiger partial charge in [-0.05, 0) is 24.4 Å². The fourth-order valence-electron chi connectivity index (χ4n) is 2.16. The van der Waals surface area contributed by atoms with Crippen molar-refractivity contribution in [1.29, 1.82) is 0 Å². The van der Waals surface area contributed by atoms with Crippen LogP contribution in [0.5, 0.6) is 0 Å². The predicted molar refractivity (Wildman–Crippen MR) is 97.4 cm³/mol. The van der Waals surface area contributed by atoms with Crippen LogP contribution in [0.2, 0.25) is 0 Å². The smallest absolute Gasteiger partial charge is 0.307 e. The second-order valence-corrected chi connectivity index (χ2v) is 6.29. The number of nitrogens with zero attached hydrogens (tertiary/aromatic N) is 1. The van der Waals surface area contributed by atoms with E-state index in [1.54, 1.807) is 11.3 Å². The van der Waals surface area contributed by atoms with Gasteiger partial charge in [-0.3, -0.25) is 9.79 Å². The fraction of sp³-hybridized carbons (Fsp3) is 0.412. The molecule has 0 amide bonds. The third kappa shape index (κ3) is 5.21. The number of methoxy groups -OCH3 is 1. The third-order valence-electron chi connectivity index (χ3n) is 3.39. The Bertz CT molecular complexity index is 666. The highest BCUT2D eigenvalue weighted by molar-refractivity contribution is 7.19. The van der Waals surface area contributed by atoms with Gasteiger partial charge in [0.1, 0.15) is 6.10 Å². The average Bonchev–Trinajstić information content (AvgIpc) is 3.03. The lowest BCUT2D eigenvalue weighted by molar-refractivity contribution is -0.140. The summed E-state index contributed by atoms with van der Waals surface area (Å²) in [4.78, 5) is 16.4. The number of carbonyl (C=O) groups is 1. The molecule has 1 atom stereocenters. The van der Waals surface area contributed by atoms with Crippen LogP contribution in [0.25, 0.3) is 10.1 Å². The summed E-state index contributed by atoms with van der Waals surface area (Å²) in [5.74, 6) is 0.297. The van der Waals surface area contributed by atoms with Crippen LogP contribution in [0.4, 0.5) is 0 Å². The lowest BCUT2D eigenvalue weighted by atomic mass is 10.2. The molecule has 1 aromatic carbocycles. The molecule has 2 aromatic rings. The first-order chi connectivity index (χ1) is 11.6. The molecule has 130 valence electrons. The van der Waals surface area contributed by atoms with E-state index in [1.807, 2.05) is 37.3 Å². The number of esters is 1. The number of fused-ring (bicyclic) bond motifs is 1. The van der Waals surface area contributed by atoms with Crippen molar-refractivity contribution < 1.29 is 14.6 Å². The molecule has 1 unspecified atom stereocenters. The normalized spacial score (nSPS) is 12.9. The van der Waals surface area contributed by atoms with Crippen LogP contribution in [0, 0.1) is 0 Å². The summed E-state index contributed by atoms with van der Waals surface area (Å²) >= 11 is 1.57. The van der Waals surface area contributed by atoms with Gasteiger partial charge >= 0.3 is 5.97 Å². The number of benzene rings is 1. The van der Waals surface area contributed by atoms with E-state index in [2.05, 4.69) is 20.4 Å². The Balaban J connectivity index is 1.94. The quantitative estimate of drug-likeness (QED) is 0.405. The van der Waals surface area contributed by atoms with Crippen molar-refractivity contribution >= 4 is 33.4 Å². The largest absolute Gasteiger partial charge is 0.469 e. The van der Waals surface area contributed by atoms with Gasteiger partial charge in [0.05, 0.1) is 20.1 Å². The average molecular weight is 349 g/mol. The van der Waals surface area contributed by atoms with Crippen LogP contribution in [0.3, 0.4) is 0 Å². The van der Waals surface area contributed by atoms with E-state index in [-0.39, 0.29) is 18.9 Å². The summed E-state index contributed by atoms with van der Waals surface area (Å²) in [6.07, 6.45) is -0.391. The first-order valence-electron chi connectivity index (χ1n) is 7.89. The number of carbonyl (C=O) groups excluding carboxylic acids is 1. The summed E-state index contributed by atoms with van der Waals surface area (Å²) < 4.78 is 5.75. The number of rotatable bonds is 7. The number of aliphatic imine (C=N–C) groups is 1. The maximum Gasteiger partial charge on any atom is 0.307 e. The van der Waals surface area contributed by atoms with E-state index in [0.29, 0.717) is 19.0 Å².